The van der Waals surface area contributed by atoms with E-state index in [1.54, 1.807) is 14.2 Å². The summed E-state index contributed by atoms with van der Waals surface area (Å²) in [6.07, 6.45) is 17.2. The van der Waals surface area contributed by atoms with Gasteiger partial charge < -0.3 is 19.3 Å². The van der Waals surface area contributed by atoms with E-state index >= 15 is 0 Å². The predicted octanol–water partition coefficient (Wildman–Crippen LogP) is 12.5. The van der Waals surface area contributed by atoms with Crippen LogP contribution in [0.15, 0.2) is 104 Å². The van der Waals surface area contributed by atoms with Gasteiger partial charge in [-0.1, -0.05) is 30.8 Å². The first kappa shape index (κ1) is 34.3. The molecule has 54 heavy (non-hydrogen) atoms. The number of hydrogen-bond acceptors (Lipinski definition) is 4. The maximum Gasteiger partial charge on any atom is 0.119 e. The Labute approximate surface area is 323 Å². The lowest BCUT2D eigenvalue weighted by molar-refractivity contribution is -0.0468. The van der Waals surface area contributed by atoms with Gasteiger partial charge in [0.25, 0.3) is 0 Å². The minimum atomic E-state index is 0.425. The molecule has 0 aliphatic heterocycles. The number of ether oxygens (including phenoxy) is 2. The highest BCUT2D eigenvalue weighted by Crippen LogP contribution is 2.62. The molecule has 12 rings (SSSR count). The molecule has 4 aromatic carbocycles. The molecule has 0 atom stereocenters. The fourth-order valence-electron chi connectivity index (χ4n) is 13.7. The van der Waals surface area contributed by atoms with Gasteiger partial charge in [-0.3, -0.25) is 0 Å². The molecule has 0 heterocycles. The minimum absolute atomic E-state index is 0.425. The van der Waals surface area contributed by atoms with Crippen LogP contribution in [0.3, 0.4) is 0 Å². The lowest BCUT2D eigenvalue weighted by Crippen LogP contribution is -2.50. The van der Waals surface area contributed by atoms with Gasteiger partial charge in [-0.15, -0.1) is 0 Å². The van der Waals surface area contributed by atoms with E-state index < -0.39 is 0 Å². The second-order valence-electron chi connectivity index (χ2n) is 19.0. The van der Waals surface area contributed by atoms with Gasteiger partial charge in [-0.2, -0.15) is 0 Å². The Hall–Kier alpha value is -4.18. The second kappa shape index (κ2) is 13.5. The topological polar surface area (TPSA) is 24.9 Å². The van der Waals surface area contributed by atoms with Crippen molar-refractivity contribution in [2.75, 3.05) is 37.1 Å². The molecule has 4 heteroatoms. The van der Waals surface area contributed by atoms with Crippen molar-refractivity contribution in [2.45, 2.75) is 77.0 Å². The van der Waals surface area contributed by atoms with Crippen molar-refractivity contribution < 1.29 is 9.47 Å². The number of rotatable bonds is 12. The Bertz CT molecular complexity index is 1750. The molecule has 280 valence electrons. The van der Waals surface area contributed by atoms with E-state index in [0.717, 1.165) is 65.7 Å². The van der Waals surface area contributed by atoms with E-state index in [0.29, 0.717) is 10.8 Å². The number of anilines is 4. The number of methoxy groups -OCH3 is 2. The van der Waals surface area contributed by atoms with Crippen LogP contribution in [0.2, 0.25) is 0 Å². The number of nitrogens with zero attached hydrogens (tertiary/aromatic N) is 2. The Morgan fingerprint density at radius 3 is 0.981 bits per heavy atom. The molecule has 0 spiro atoms. The van der Waals surface area contributed by atoms with Crippen LogP contribution in [0.1, 0.15) is 88.2 Å². The van der Waals surface area contributed by atoms with Crippen molar-refractivity contribution in [1.82, 2.24) is 0 Å². The van der Waals surface area contributed by atoms with Gasteiger partial charge in [0.2, 0.25) is 0 Å². The summed E-state index contributed by atoms with van der Waals surface area (Å²) in [7, 11) is 3.50. The highest BCUT2D eigenvalue weighted by molar-refractivity contribution is 5.80. The van der Waals surface area contributed by atoms with Crippen LogP contribution in [0.25, 0.3) is 5.57 Å². The molecule has 4 aromatic rings. The summed E-state index contributed by atoms with van der Waals surface area (Å²) in [5, 5.41) is 0. The van der Waals surface area contributed by atoms with Crippen LogP contribution in [-0.4, -0.2) is 27.3 Å². The normalized spacial score (nSPS) is 31.4. The third kappa shape index (κ3) is 6.42. The van der Waals surface area contributed by atoms with Crippen LogP contribution >= 0.6 is 0 Å². The van der Waals surface area contributed by atoms with Gasteiger partial charge in [0.1, 0.15) is 11.5 Å². The molecule has 0 saturated heterocycles. The summed E-state index contributed by atoms with van der Waals surface area (Å²) in [4.78, 5) is 5.21. The minimum Gasteiger partial charge on any atom is -0.497 e. The van der Waals surface area contributed by atoms with E-state index in [2.05, 4.69) is 113 Å². The van der Waals surface area contributed by atoms with Crippen molar-refractivity contribution in [3.63, 3.8) is 0 Å². The summed E-state index contributed by atoms with van der Waals surface area (Å²) in [5.41, 5.74) is 9.32. The standard InChI is InChI=1S/C50H58N2O2/c1-34(41-4-8-43(9-5-41)51(45-12-16-47(53-2)17-13-45)32-49-26-35-20-36(27-49)22-37(21-35)28-49)42-6-10-44(11-7-42)52(46-14-18-48(54-3)19-15-46)33-50-29-38-23-39(30-50)25-40(24-38)31-50/h4-19,35-40H,1,20-33H2,2-3H3. The van der Waals surface area contributed by atoms with Crippen LogP contribution in [0, 0.1) is 46.3 Å². The van der Waals surface area contributed by atoms with E-state index in [4.69, 9.17) is 9.47 Å². The van der Waals surface area contributed by atoms with Crippen molar-refractivity contribution in [3.05, 3.63) is 115 Å². The van der Waals surface area contributed by atoms with Crippen molar-refractivity contribution in [1.29, 1.82) is 0 Å². The number of benzene rings is 4. The first-order valence-corrected chi connectivity index (χ1v) is 21.1. The Balaban J connectivity index is 0.901. The van der Waals surface area contributed by atoms with Gasteiger partial charge in [0.05, 0.1) is 14.2 Å². The maximum absolute atomic E-state index is 5.54. The second-order valence-corrected chi connectivity index (χ2v) is 19.0. The molecule has 0 aromatic heterocycles. The molecule has 8 aliphatic carbocycles. The summed E-state index contributed by atoms with van der Waals surface area (Å²) >= 11 is 0. The van der Waals surface area contributed by atoms with E-state index in [1.807, 2.05) is 0 Å². The Morgan fingerprint density at radius 1 is 0.463 bits per heavy atom. The summed E-state index contributed by atoms with van der Waals surface area (Å²) in [6, 6.07) is 35.9. The molecule has 0 N–H and O–H groups in total. The molecule has 0 unspecified atom stereocenters. The summed E-state index contributed by atoms with van der Waals surface area (Å²) in [6.45, 7) is 6.83. The van der Waals surface area contributed by atoms with E-state index in [-0.39, 0.29) is 0 Å². The smallest absolute Gasteiger partial charge is 0.119 e. The maximum atomic E-state index is 5.54. The summed E-state index contributed by atoms with van der Waals surface area (Å²) < 4.78 is 11.1. The Morgan fingerprint density at radius 2 is 0.722 bits per heavy atom. The lowest BCUT2D eigenvalue weighted by Gasteiger charge is -2.58. The quantitative estimate of drug-likeness (QED) is 0.146. The Kier molecular flexibility index (Phi) is 8.60. The largest absolute Gasteiger partial charge is 0.497 e. The fourth-order valence-corrected chi connectivity index (χ4v) is 13.7. The molecule has 8 aliphatic rings. The van der Waals surface area contributed by atoms with Crippen LogP contribution in [0.4, 0.5) is 22.7 Å². The highest BCUT2D eigenvalue weighted by atomic mass is 16.5. The molecule has 8 fully saturated rings. The highest BCUT2D eigenvalue weighted by Gasteiger charge is 2.52. The molecule has 0 amide bonds. The average molecular weight is 719 g/mol. The zero-order chi connectivity index (χ0) is 36.4. The van der Waals surface area contributed by atoms with E-state index in [9.17, 15) is 0 Å². The van der Waals surface area contributed by atoms with Crippen molar-refractivity contribution in [2.24, 2.45) is 46.3 Å². The molecule has 8 saturated carbocycles. The SMILES string of the molecule is C=C(c1ccc(N(CC23CC4CC(CC(C4)C2)C3)c2ccc(OC)cc2)cc1)c1ccc(N(CC23CC4CC(CC(C4)C2)C3)c2ccc(OC)cc2)cc1. The molecular formula is C50H58N2O2. The molecular weight excluding hydrogens is 661 g/mol. The molecule has 0 radical (unpaired) electrons. The van der Waals surface area contributed by atoms with Gasteiger partial charge in [-0.25, -0.2) is 0 Å². The summed E-state index contributed by atoms with van der Waals surface area (Å²) in [5.74, 6) is 7.44. The van der Waals surface area contributed by atoms with E-state index in [1.165, 1.54) is 111 Å². The molecule has 4 nitrogen and oxygen atoms in total. The number of hydrogen-bond donors (Lipinski definition) is 0. The zero-order valence-corrected chi connectivity index (χ0v) is 32.5. The van der Waals surface area contributed by atoms with Gasteiger partial charge >= 0.3 is 0 Å². The average Bonchev–Trinajstić information content (AvgIpc) is 3.18. The van der Waals surface area contributed by atoms with Crippen molar-refractivity contribution in [3.8, 4) is 11.5 Å². The lowest BCUT2D eigenvalue weighted by atomic mass is 9.49. The predicted molar refractivity (Wildman–Crippen MR) is 222 cm³/mol. The van der Waals surface area contributed by atoms with Crippen LogP contribution in [-0.2, 0) is 0 Å². The van der Waals surface area contributed by atoms with Gasteiger partial charge in [-0.05, 0) is 213 Å². The van der Waals surface area contributed by atoms with Gasteiger partial charge in [0.15, 0.2) is 0 Å². The zero-order valence-electron chi connectivity index (χ0n) is 32.5. The van der Waals surface area contributed by atoms with Crippen LogP contribution in [0.5, 0.6) is 11.5 Å². The van der Waals surface area contributed by atoms with Gasteiger partial charge in [0, 0.05) is 35.8 Å². The van der Waals surface area contributed by atoms with Crippen LogP contribution < -0.4 is 19.3 Å². The third-order valence-electron chi connectivity index (χ3n) is 15.1. The monoisotopic (exact) mass is 718 g/mol. The first-order chi connectivity index (χ1) is 26.3. The van der Waals surface area contributed by atoms with Crippen molar-refractivity contribution >= 4 is 28.3 Å². The molecule has 8 bridgehead atoms. The first-order valence-electron chi connectivity index (χ1n) is 21.1. The third-order valence-corrected chi connectivity index (χ3v) is 15.1. The fraction of sp³-hybridized carbons (Fsp3) is 0.480.